The lowest BCUT2D eigenvalue weighted by Gasteiger charge is -2.10. The average Bonchev–Trinajstić information content (AvgIpc) is 2.59. The molecule has 70 valence electrons. The molecule has 0 saturated carbocycles. The zero-order chi connectivity index (χ0) is 9.54. The van der Waals surface area contributed by atoms with Crippen LogP contribution in [0.25, 0.3) is 10.9 Å². The number of para-hydroxylation sites is 1. The Bertz CT molecular complexity index is 513. The Labute approximate surface area is 80.7 Å². The number of fused-ring (bicyclic) bond motifs is 3. The first-order valence-electron chi connectivity index (χ1n) is 4.63. The molecule has 2 heterocycles. The van der Waals surface area contributed by atoms with E-state index in [9.17, 15) is 4.79 Å². The molecular formula is C11H9NO2. The second-order valence-corrected chi connectivity index (χ2v) is 3.41. The largest absolute Gasteiger partial charge is 0.461 e. The number of hydrogen-bond donors (Lipinski definition) is 1. The van der Waals surface area contributed by atoms with E-state index in [1.807, 2.05) is 24.3 Å². The van der Waals surface area contributed by atoms with Gasteiger partial charge in [0.1, 0.15) is 5.69 Å². The summed E-state index contributed by atoms with van der Waals surface area (Å²) in [7, 11) is 0. The third kappa shape index (κ3) is 0.894. The maximum Gasteiger partial charge on any atom is 0.355 e. The zero-order valence-corrected chi connectivity index (χ0v) is 7.54. The van der Waals surface area contributed by atoms with Crippen LogP contribution < -0.4 is 0 Å². The molecule has 1 aliphatic heterocycles. The van der Waals surface area contributed by atoms with Crippen molar-refractivity contribution in [3.8, 4) is 0 Å². The van der Waals surface area contributed by atoms with E-state index in [1.165, 1.54) is 0 Å². The summed E-state index contributed by atoms with van der Waals surface area (Å²) in [5.74, 6) is -0.234. The predicted octanol–water partition coefficient (Wildman–Crippen LogP) is 1.88. The smallest absolute Gasteiger partial charge is 0.355 e. The van der Waals surface area contributed by atoms with Crippen molar-refractivity contribution in [1.29, 1.82) is 0 Å². The second kappa shape index (κ2) is 2.61. The monoisotopic (exact) mass is 187 g/mol. The van der Waals surface area contributed by atoms with Crippen molar-refractivity contribution in [3.63, 3.8) is 0 Å². The first-order valence-corrected chi connectivity index (χ1v) is 4.63. The van der Waals surface area contributed by atoms with E-state index in [1.54, 1.807) is 0 Å². The zero-order valence-electron chi connectivity index (χ0n) is 7.54. The van der Waals surface area contributed by atoms with Gasteiger partial charge in [-0.3, -0.25) is 0 Å². The summed E-state index contributed by atoms with van der Waals surface area (Å²) in [6.45, 7) is 0.494. The van der Waals surface area contributed by atoms with Gasteiger partial charge in [-0.2, -0.15) is 0 Å². The lowest BCUT2D eigenvalue weighted by Crippen LogP contribution is -2.16. The molecule has 14 heavy (non-hydrogen) atoms. The highest BCUT2D eigenvalue weighted by atomic mass is 16.5. The van der Waals surface area contributed by atoms with E-state index in [0.717, 1.165) is 22.9 Å². The van der Waals surface area contributed by atoms with Crippen molar-refractivity contribution in [2.45, 2.75) is 6.42 Å². The number of aromatic amines is 1. The van der Waals surface area contributed by atoms with E-state index >= 15 is 0 Å². The normalized spacial score (nSPS) is 15.3. The van der Waals surface area contributed by atoms with Gasteiger partial charge in [-0.15, -0.1) is 0 Å². The quantitative estimate of drug-likeness (QED) is 0.640. The van der Waals surface area contributed by atoms with E-state index in [-0.39, 0.29) is 5.97 Å². The fourth-order valence-corrected chi connectivity index (χ4v) is 1.95. The number of rotatable bonds is 0. The molecule has 0 radical (unpaired) electrons. The Morgan fingerprint density at radius 1 is 1.29 bits per heavy atom. The minimum absolute atomic E-state index is 0.234. The summed E-state index contributed by atoms with van der Waals surface area (Å²) in [6, 6.07) is 7.94. The van der Waals surface area contributed by atoms with Crippen LogP contribution in [0.2, 0.25) is 0 Å². The number of esters is 1. The van der Waals surface area contributed by atoms with Crippen LogP contribution in [0.5, 0.6) is 0 Å². The lowest BCUT2D eigenvalue weighted by atomic mass is 10.1. The summed E-state index contributed by atoms with van der Waals surface area (Å²) >= 11 is 0. The topological polar surface area (TPSA) is 42.1 Å². The molecule has 1 aliphatic rings. The van der Waals surface area contributed by atoms with Crippen LogP contribution in [0.3, 0.4) is 0 Å². The minimum atomic E-state index is -0.234. The molecule has 0 saturated heterocycles. The van der Waals surface area contributed by atoms with Crippen LogP contribution in [0.4, 0.5) is 0 Å². The molecule has 0 amide bonds. The fourth-order valence-electron chi connectivity index (χ4n) is 1.95. The Morgan fingerprint density at radius 2 is 2.14 bits per heavy atom. The van der Waals surface area contributed by atoms with Gasteiger partial charge < -0.3 is 9.72 Å². The van der Waals surface area contributed by atoms with Crippen molar-refractivity contribution in [1.82, 2.24) is 4.98 Å². The van der Waals surface area contributed by atoms with Gasteiger partial charge in [0, 0.05) is 17.3 Å². The summed E-state index contributed by atoms with van der Waals surface area (Å²) in [4.78, 5) is 14.5. The van der Waals surface area contributed by atoms with E-state index in [0.29, 0.717) is 12.3 Å². The van der Waals surface area contributed by atoms with Crippen LogP contribution in [0, 0.1) is 0 Å². The van der Waals surface area contributed by atoms with Gasteiger partial charge in [0.2, 0.25) is 0 Å². The number of aromatic nitrogens is 1. The number of carbonyl (C=O) groups excluding carboxylic acids is 1. The summed E-state index contributed by atoms with van der Waals surface area (Å²) in [5.41, 5.74) is 2.73. The minimum Gasteiger partial charge on any atom is -0.461 e. The van der Waals surface area contributed by atoms with Crippen LogP contribution in [0.15, 0.2) is 24.3 Å². The van der Waals surface area contributed by atoms with Crippen LogP contribution in [-0.2, 0) is 11.2 Å². The number of H-pyrrole nitrogens is 1. The fraction of sp³-hybridized carbons (Fsp3) is 0.182. The standard InChI is InChI=1S/C11H9NO2/c13-11-10-8(5-6-14-11)7-3-1-2-4-9(7)12-10/h1-4,12H,5-6H2. The number of nitrogens with one attached hydrogen (secondary N) is 1. The number of cyclic esters (lactones) is 1. The molecule has 2 aromatic rings. The van der Waals surface area contributed by atoms with Crippen LogP contribution >= 0.6 is 0 Å². The van der Waals surface area contributed by atoms with Gasteiger partial charge >= 0.3 is 5.97 Å². The van der Waals surface area contributed by atoms with Crippen molar-refractivity contribution in [2.24, 2.45) is 0 Å². The highest BCUT2D eigenvalue weighted by Crippen LogP contribution is 2.25. The molecule has 1 N–H and O–H groups in total. The third-order valence-electron chi connectivity index (χ3n) is 2.60. The van der Waals surface area contributed by atoms with Gasteiger partial charge in [0.15, 0.2) is 0 Å². The molecule has 0 aliphatic carbocycles. The molecule has 3 nitrogen and oxygen atoms in total. The van der Waals surface area contributed by atoms with Gasteiger partial charge in [-0.1, -0.05) is 18.2 Å². The second-order valence-electron chi connectivity index (χ2n) is 3.41. The number of ether oxygens (including phenoxy) is 1. The number of carbonyl (C=O) groups is 1. The molecule has 0 spiro atoms. The Balaban J connectivity index is 2.38. The third-order valence-corrected chi connectivity index (χ3v) is 2.60. The molecule has 0 unspecified atom stereocenters. The van der Waals surface area contributed by atoms with Crippen LogP contribution in [0.1, 0.15) is 16.1 Å². The predicted molar refractivity (Wildman–Crippen MR) is 52.3 cm³/mol. The Hall–Kier alpha value is -1.77. The van der Waals surface area contributed by atoms with Crippen molar-refractivity contribution in [2.75, 3.05) is 6.61 Å². The molecule has 0 bridgehead atoms. The lowest BCUT2D eigenvalue weighted by molar-refractivity contribution is 0.0475. The molecule has 0 fully saturated rings. The highest BCUT2D eigenvalue weighted by Gasteiger charge is 2.22. The molecule has 1 aromatic heterocycles. The summed E-state index contributed by atoms with van der Waals surface area (Å²) in [5, 5.41) is 1.14. The van der Waals surface area contributed by atoms with Gasteiger partial charge in [0.05, 0.1) is 6.61 Å². The Morgan fingerprint density at radius 3 is 3.07 bits per heavy atom. The van der Waals surface area contributed by atoms with Gasteiger partial charge in [-0.25, -0.2) is 4.79 Å². The molecule has 3 rings (SSSR count). The van der Waals surface area contributed by atoms with Gasteiger partial charge in [0.25, 0.3) is 0 Å². The maximum absolute atomic E-state index is 11.4. The number of hydrogen-bond acceptors (Lipinski definition) is 2. The van der Waals surface area contributed by atoms with Crippen molar-refractivity contribution in [3.05, 3.63) is 35.5 Å². The molecule has 0 atom stereocenters. The first kappa shape index (κ1) is 7.62. The number of benzene rings is 1. The molecule has 1 aromatic carbocycles. The average molecular weight is 187 g/mol. The summed E-state index contributed by atoms with van der Waals surface area (Å²) < 4.78 is 4.96. The van der Waals surface area contributed by atoms with Gasteiger partial charge in [-0.05, 0) is 11.6 Å². The van der Waals surface area contributed by atoms with E-state index in [4.69, 9.17) is 4.74 Å². The molecular weight excluding hydrogens is 178 g/mol. The van der Waals surface area contributed by atoms with Crippen molar-refractivity contribution < 1.29 is 9.53 Å². The van der Waals surface area contributed by atoms with Crippen molar-refractivity contribution >= 4 is 16.9 Å². The Kier molecular flexibility index (Phi) is 1.42. The first-order chi connectivity index (χ1) is 6.86. The molecule has 3 heteroatoms. The summed E-state index contributed by atoms with van der Waals surface area (Å²) in [6.07, 6.45) is 0.811. The van der Waals surface area contributed by atoms with E-state index < -0.39 is 0 Å². The highest BCUT2D eigenvalue weighted by molar-refractivity contribution is 5.99. The van der Waals surface area contributed by atoms with E-state index in [2.05, 4.69) is 4.98 Å². The SMILES string of the molecule is O=C1OCCc2c1[nH]c1ccccc21. The van der Waals surface area contributed by atoms with Crippen LogP contribution in [-0.4, -0.2) is 17.6 Å². The maximum atomic E-state index is 11.4.